The minimum Gasteiger partial charge on any atom is -0.463 e. The highest BCUT2D eigenvalue weighted by molar-refractivity contribution is 6.33. The van der Waals surface area contributed by atoms with Crippen LogP contribution in [-0.4, -0.2) is 18.3 Å². The summed E-state index contributed by atoms with van der Waals surface area (Å²) >= 11 is 6.20. The van der Waals surface area contributed by atoms with Crippen molar-refractivity contribution in [2.24, 2.45) is 0 Å². The van der Waals surface area contributed by atoms with Crippen LogP contribution in [-0.2, 0) is 11.3 Å². The largest absolute Gasteiger partial charge is 0.463 e. The van der Waals surface area contributed by atoms with Crippen molar-refractivity contribution in [1.82, 2.24) is 4.57 Å². The zero-order chi connectivity index (χ0) is 11.5. The molecular weight excluding hydrogens is 226 g/mol. The first-order valence-electron chi connectivity index (χ1n) is 5.12. The topological polar surface area (TPSA) is 27.3 Å². The predicted molar refractivity (Wildman–Crippen MR) is 63.8 cm³/mol. The third-order valence-electron chi connectivity index (χ3n) is 2.53. The summed E-state index contributed by atoms with van der Waals surface area (Å²) in [6.45, 7) is 3.44. The lowest BCUT2D eigenvalue weighted by Crippen LogP contribution is -2.07. The van der Waals surface area contributed by atoms with Crippen molar-refractivity contribution >= 4 is 11.6 Å². The third kappa shape index (κ3) is 2.01. The van der Waals surface area contributed by atoms with Crippen molar-refractivity contribution in [3.05, 3.63) is 35.2 Å². The molecule has 0 N–H and O–H groups in total. The molecule has 0 atom stereocenters. The average molecular weight is 240 g/mol. The van der Waals surface area contributed by atoms with Crippen LogP contribution in [0.4, 0.5) is 0 Å². The third-order valence-corrected chi connectivity index (χ3v) is 2.82. The van der Waals surface area contributed by atoms with Gasteiger partial charge in [-0.15, -0.1) is 0 Å². The first-order valence-corrected chi connectivity index (χ1v) is 5.50. The Morgan fingerprint density at radius 2 is 2.31 bits per heavy atom. The van der Waals surface area contributed by atoms with Gasteiger partial charge >= 0.3 is 0 Å². The first-order chi connectivity index (χ1) is 7.74. The molecule has 0 saturated heterocycles. The fourth-order valence-electron chi connectivity index (χ4n) is 1.77. The van der Waals surface area contributed by atoms with Gasteiger partial charge in [-0.3, -0.25) is 0 Å². The molecule has 0 amide bonds. The van der Waals surface area contributed by atoms with E-state index in [1.54, 1.807) is 13.4 Å². The maximum Gasteiger partial charge on any atom is 0.151 e. The van der Waals surface area contributed by atoms with Crippen molar-refractivity contribution in [3.63, 3.8) is 0 Å². The average Bonchev–Trinajstić information content (AvgIpc) is 2.83. The quantitative estimate of drug-likeness (QED) is 0.818. The van der Waals surface area contributed by atoms with Crippen LogP contribution in [0.5, 0.6) is 0 Å². The maximum atomic E-state index is 6.20. The van der Waals surface area contributed by atoms with Gasteiger partial charge < -0.3 is 13.7 Å². The van der Waals surface area contributed by atoms with Crippen LogP contribution >= 0.6 is 11.6 Å². The van der Waals surface area contributed by atoms with Gasteiger partial charge in [0.25, 0.3) is 0 Å². The minimum absolute atomic E-state index is 0.652. The highest BCUT2D eigenvalue weighted by atomic mass is 35.5. The van der Waals surface area contributed by atoms with Crippen LogP contribution in [0, 0.1) is 6.92 Å². The molecular formula is C12H14ClNO2. The van der Waals surface area contributed by atoms with E-state index < -0.39 is 0 Å². The highest BCUT2D eigenvalue weighted by Gasteiger charge is 2.14. The van der Waals surface area contributed by atoms with Crippen molar-refractivity contribution in [2.75, 3.05) is 13.7 Å². The van der Waals surface area contributed by atoms with Gasteiger partial charge in [-0.25, -0.2) is 0 Å². The summed E-state index contributed by atoms with van der Waals surface area (Å²) in [5.41, 5.74) is 2.02. The lowest BCUT2D eigenvalue weighted by atomic mass is 10.3. The summed E-state index contributed by atoms with van der Waals surface area (Å²) in [6, 6.07) is 5.70. The molecule has 0 radical (unpaired) electrons. The van der Waals surface area contributed by atoms with Gasteiger partial charge in [0.1, 0.15) is 5.69 Å². The second kappa shape index (κ2) is 4.76. The smallest absolute Gasteiger partial charge is 0.151 e. The molecule has 2 aromatic rings. The Morgan fingerprint density at radius 1 is 1.50 bits per heavy atom. The summed E-state index contributed by atoms with van der Waals surface area (Å²) < 4.78 is 12.6. The van der Waals surface area contributed by atoms with E-state index in [4.69, 9.17) is 20.8 Å². The predicted octanol–water partition coefficient (Wildman–Crippen LogP) is 3.36. The van der Waals surface area contributed by atoms with E-state index in [9.17, 15) is 0 Å². The Hall–Kier alpha value is -1.19. The van der Waals surface area contributed by atoms with E-state index in [1.807, 2.05) is 25.1 Å². The molecule has 0 aliphatic carbocycles. The monoisotopic (exact) mass is 239 g/mol. The lowest BCUT2D eigenvalue weighted by Gasteiger charge is -2.09. The number of rotatable bonds is 4. The number of nitrogens with zero attached hydrogens (tertiary/aromatic N) is 1. The van der Waals surface area contributed by atoms with Crippen LogP contribution in [0.1, 0.15) is 5.69 Å². The number of methoxy groups -OCH3 is 1. The first kappa shape index (κ1) is 11.3. The Bertz CT molecular complexity index is 460. The van der Waals surface area contributed by atoms with Gasteiger partial charge in [0.2, 0.25) is 0 Å². The molecule has 0 fully saturated rings. The SMILES string of the molecule is COCCn1c(C)cc(Cl)c1-c1ccco1. The number of halogens is 1. The van der Waals surface area contributed by atoms with Gasteiger partial charge in [-0.05, 0) is 25.1 Å². The van der Waals surface area contributed by atoms with Crippen LogP contribution < -0.4 is 0 Å². The van der Waals surface area contributed by atoms with Gasteiger partial charge in [-0.2, -0.15) is 0 Å². The number of aromatic nitrogens is 1. The molecule has 0 unspecified atom stereocenters. The summed E-state index contributed by atoms with van der Waals surface area (Å²) in [4.78, 5) is 0. The molecule has 2 aromatic heterocycles. The number of aryl methyl sites for hydroxylation is 1. The molecule has 4 heteroatoms. The standard InChI is InChI=1S/C12H14ClNO2/c1-9-8-10(13)12(11-4-3-6-16-11)14(9)5-7-15-2/h3-4,6,8H,5,7H2,1-2H3. The van der Waals surface area contributed by atoms with Crippen LogP contribution in [0.25, 0.3) is 11.5 Å². The molecule has 2 rings (SSSR count). The molecule has 0 bridgehead atoms. The highest BCUT2D eigenvalue weighted by Crippen LogP contribution is 2.31. The van der Waals surface area contributed by atoms with Crippen molar-refractivity contribution in [1.29, 1.82) is 0 Å². The Kier molecular flexibility index (Phi) is 3.36. The zero-order valence-corrected chi connectivity index (χ0v) is 10.1. The molecule has 3 nitrogen and oxygen atoms in total. The number of hydrogen-bond donors (Lipinski definition) is 0. The fraction of sp³-hybridized carbons (Fsp3) is 0.333. The molecule has 2 heterocycles. The molecule has 0 aliphatic rings. The molecule has 0 aliphatic heterocycles. The van der Waals surface area contributed by atoms with Crippen LogP contribution in [0.15, 0.2) is 28.9 Å². The van der Waals surface area contributed by atoms with Crippen LogP contribution in [0.3, 0.4) is 0 Å². The Labute approximate surface area is 99.6 Å². The summed E-state index contributed by atoms with van der Waals surface area (Å²) in [7, 11) is 1.69. The van der Waals surface area contributed by atoms with E-state index in [-0.39, 0.29) is 0 Å². The van der Waals surface area contributed by atoms with Crippen molar-refractivity contribution in [2.45, 2.75) is 13.5 Å². The second-order valence-corrected chi connectivity index (χ2v) is 4.01. The van der Waals surface area contributed by atoms with E-state index in [1.165, 1.54) is 0 Å². The van der Waals surface area contributed by atoms with Gasteiger partial charge in [-0.1, -0.05) is 11.6 Å². The Balaban J connectivity index is 2.42. The summed E-state index contributed by atoms with van der Waals surface area (Å²) in [5.74, 6) is 0.786. The van der Waals surface area contributed by atoms with Gasteiger partial charge in [0, 0.05) is 19.3 Å². The molecule has 0 spiro atoms. The lowest BCUT2D eigenvalue weighted by molar-refractivity contribution is 0.187. The molecule has 0 saturated carbocycles. The van der Waals surface area contributed by atoms with E-state index in [2.05, 4.69) is 4.57 Å². The van der Waals surface area contributed by atoms with Crippen LogP contribution in [0.2, 0.25) is 5.02 Å². The summed E-state index contributed by atoms with van der Waals surface area (Å²) in [6.07, 6.45) is 1.65. The number of hydrogen-bond acceptors (Lipinski definition) is 2. The van der Waals surface area contributed by atoms with Crippen molar-refractivity contribution in [3.8, 4) is 11.5 Å². The van der Waals surface area contributed by atoms with E-state index in [0.29, 0.717) is 11.6 Å². The fourth-order valence-corrected chi connectivity index (χ4v) is 2.12. The van der Waals surface area contributed by atoms with E-state index >= 15 is 0 Å². The Morgan fingerprint density at radius 3 is 2.94 bits per heavy atom. The second-order valence-electron chi connectivity index (χ2n) is 3.60. The van der Waals surface area contributed by atoms with Gasteiger partial charge in [0.05, 0.1) is 17.9 Å². The summed E-state index contributed by atoms with van der Waals surface area (Å²) in [5, 5.41) is 0.712. The number of ether oxygens (including phenoxy) is 1. The minimum atomic E-state index is 0.652. The van der Waals surface area contributed by atoms with Gasteiger partial charge in [0.15, 0.2) is 5.76 Å². The molecule has 86 valence electrons. The molecule has 16 heavy (non-hydrogen) atoms. The number of furan rings is 1. The maximum absolute atomic E-state index is 6.20. The van der Waals surface area contributed by atoms with E-state index in [0.717, 1.165) is 23.7 Å². The normalized spacial score (nSPS) is 10.9. The molecule has 0 aromatic carbocycles. The zero-order valence-electron chi connectivity index (χ0n) is 9.37. The van der Waals surface area contributed by atoms with Crippen molar-refractivity contribution < 1.29 is 9.15 Å².